The molecule has 0 aliphatic rings. The monoisotopic (exact) mass is 271 g/mol. The molecule has 1 atom stereocenters. The fourth-order valence-corrected chi connectivity index (χ4v) is 1.80. The van der Waals surface area contributed by atoms with Crippen molar-refractivity contribution in [3.05, 3.63) is 65.0 Å². The molecule has 102 valence electrons. The van der Waals surface area contributed by atoms with E-state index in [0.717, 1.165) is 5.56 Å². The zero-order chi connectivity index (χ0) is 14.5. The molecule has 2 aromatic carbocycles. The van der Waals surface area contributed by atoms with E-state index in [-0.39, 0.29) is 12.2 Å². The maximum absolute atomic E-state index is 13.8. The molecule has 0 radical (unpaired) electrons. The van der Waals surface area contributed by atoms with E-state index in [2.05, 4.69) is 0 Å². The van der Waals surface area contributed by atoms with Crippen LogP contribution in [-0.2, 0) is 6.61 Å². The van der Waals surface area contributed by atoms with Gasteiger partial charge in [-0.25, -0.2) is 4.39 Å². The van der Waals surface area contributed by atoms with Gasteiger partial charge in [0.05, 0.1) is 11.7 Å². The average Bonchev–Trinajstić information content (AvgIpc) is 2.46. The van der Waals surface area contributed by atoms with Crippen molar-refractivity contribution < 1.29 is 14.2 Å². The molecule has 1 N–H and O–H groups in total. The van der Waals surface area contributed by atoms with Crippen molar-refractivity contribution in [1.82, 2.24) is 0 Å². The van der Waals surface area contributed by atoms with Crippen LogP contribution in [0.5, 0.6) is 5.75 Å². The minimum absolute atomic E-state index is 0.00355. The highest BCUT2D eigenvalue weighted by Gasteiger charge is 2.08. The van der Waals surface area contributed by atoms with Crippen LogP contribution in [0.3, 0.4) is 0 Å². The van der Waals surface area contributed by atoms with Crippen LogP contribution < -0.4 is 4.74 Å². The van der Waals surface area contributed by atoms with Crippen molar-refractivity contribution in [1.29, 1.82) is 5.26 Å². The minimum atomic E-state index is -0.586. The smallest absolute Gasteiger partial charge is 0.147 e. The van der Waals surface area contributed by atoms with Crippen molar-refractivity contribution in [3.8, 4) is 11.8 Å². The summed E-state index contributed by atoms with van der Waals surface area (Å²) in [5.74, 6) is -0.00755. The Bertz CT molecular complexity index is 647. The molecule has 0 spiro atoms. The summed E-state index contributed by atoms with van der Waals surface area (Å²) in [6.07, 6.45) is -0.586. The Kier molecular flexibility index (Phi) is 4.34. The Morgan fingerprint density at radius 1 is 1.30 bits per heavy atom. The van der Waals surface area contributed by atoms with Crippen molar-refractivity contribution in [2.45, 2.75) is 19.6 Å². The third kappa shape index (κ3) is 3.14. The Balaban J connectivity index is 2.13. The van der Waals surface area contributed by atoms with Gasteiger partial charge in [0.2, 0.25) is 0 Å². The van der Waals surface area contributed by atoms with E-state index >= 15 is 0 Å². The maximum Gasteiger partial charge on any atom is 0.147 e. The fraction of sp³-hybridized carbons (Fsp3) is 0.188. The molecule has 20 heavy (non-hydrogen) atoms. The van der Waals surface area contributed by atoms with Crippen LogP contribution in [0.2, 0.25) is 0 Å². The van der Waals surface area contributed by atoms with E-state index < -0.39 is 11.9 Å². The Morgan fingerprint density at radius 3 is 2.75 bits per heavy atom. The van der Waals surface area contributed by atoms with Crippen molar-refractivity contribution in [2.24, 2.45) is 0 Å². The number of hydrogen-bond acceptors (Lipinski definition) is 3. The van der Waals surface area contributed by atoms with Crippen LogP contribution >= 0.6 is 0 Å². The number of aliphatic hydroxyl groups is 1. The predicted octanol–water partition coefficient (Wildman–Crippen LogP) is 3.33. The van der Waals surface area contributed by atoms with Gasteiger partial charge < -0.3 is 9.84 Å². The van der Waals surface area contributed by atoms with Gasteiger partial charge in [0, 0.05) is 5.56 Å². The lowest BCUT2D eigenvalue weighted by molar-refractivity contribution is 0.198. The van der Waals surface area contributed by atoms with Crippen molar-refractivity contribution in [3.63, 3.8) is 0 Å². The molecular weight excluding hydrogens is 257 g/mol. The van der Waals surface area contributed by atoms with Crippen LogP contribution in [0.4, 0.5) is 4.39 Å². The normalized spacial score (nSPS) is 11.7. The fourth-order valence-electron chi connectivity index (χ4n) is 1.80. The second-order valence-electron chi connectivity index (χ2n) is 4.43. The van der Waals surface area contributed by atoms with Gasteiger partial charge in [-0.1, -0.05) is 24.3 Å². The van der Waals surface area contributed by atoms with Gasteiger partial charge in [-0.2, -0.15) is 5.26 Å². The summed E-state index contributed by atoms with van der Waals surface area (Å²) in [7, 11) is 0. The molecule has 3 nitrogen and oxygen atoms in total. The van der Waals surface area contributed by atoms with Gasteiger partial charge in [-0.15, -0.1) is 0 Å². The summed E-state index contributed by atoms with van der Waals surface area (Å²) in [4.78, 5) is 0. The molecule has 0 unspecified atom stereocenters. The Hall–Kier alpha value is -2.38. The second kappa shape index (κ2) is 6.18. The summed E-state index contributed by atoms with van der Waals surface area (Å²) in [5, 5.41) is 18.3. The van der Waals surface area contributed by atoms with E-state index in [1.807, 2.05) is 0 Å². The molecular formula is C16H14FNO2. The van der Waals surface area contributed by atoms with Crippen LogP contribution in [0.15, 0.2) is 42.5 Å². The van der Waals surface area contributed by atoms with Crippen LogP contribution in [0.1, 0.15) is 29.7 Å². The van der Waals surface area contributed by atoms with Crippen LogP contribution in [-0.4, -0.2) is 5.11 Å². The number of hydrogen-bond donors (Lipinski definition) is 1. The number of aliphatic hydroxyl groups excluding tert-OH is 1. The summed E-state index contributed by atoms with van der Waals surface area (Å²) >= 11 is 0. The second-order valence-corrected chi connectivity index (χ2v) is 4.43. The molecule has 0 aromatic heterocycles. The molecule has 0 heterocycles. The average molecular weight is 271 g/mol. The molecule has 2 aromatic rings. The zero-order valence-corrected chi connectivity index (χ0v) is 11.0. The number of nitrogens with zero attached hydrogens (tertiary/aromatic N) is 1. The quantitative estimate of drug-likeness (QED) is 0.928. The highest BCUT2D eigenvalue weighted by atomic mass is 19.1. The van der Waals surface area contributed by atoms with Crippen LogP contribution in [0, 0.1) is 17.1 Å². The number of halogens is 1. The third-order valence-corrected chi connectivity index (χ3v) is 2.93. The van der Waals surface area contributed by atoms with E-state index in [9.17, 15) is 9.50 Å². The lowest BCUT2D eigenvalue weighted by atomic mass is 10.1. The maximum atomic E-state index is 13.8. The summed E-state index contributed by atoms with van der Waals surface area (Å²) < 4.78 is 19.3. The number of rotatable bonds is 4. The minimum Gasteiger partial charge on any atom is -0.489 e. The van der Waals surface area contributed by atoms with Gasteiger partial charge in [-0.05, 0) is 30.7 Å². The number of ether oxygens (including phenoxy) is 1. The molecule has 0 aliphatic carbocycles. The van der Waals surface area contributed by atoms with Gasteiger partial charge in [-0.3, -0.25) is 0 Å². The summed E-state index contributed by atoms with van der Waals surface area (Å²) in [6, 6.07) is 13.4. The highest BCUT2D eigenvalue weighted by Crippen LogP contribution is 2.21. The first-order chi connectivity index (χ1) is 9.61. The van der Waals surface area contributed by atoms with Crippen molar-refractivity contribution >= 4 is 0 Å². The molecule has 4 heteroatoms. The van der Waals surface area contributed by atoms with Gasteiger partial charge in [0.1, 0.15) is 24.2 Å². The molecule has 0 saturated carbocycles. The lowest BCUT2D eigenvalue weighted by Crippen LogP contribution is -2.01. The standard InChI is InChI=1S/C16H14FNO2/c1-11(19)12-4-3-7-15(8-12)20-10-14-6-2-5-13(9-18)16(14)17/h2-8,11,19H,10H2,1H3/t11-/m0/s1. The Labute approximate surface area is 116 Å². The molecule has 0 saturated heterocycles. The van der Waals surface area contributed by atoms with E-state index in [1.54, 1.807) is 49.4 Å². The van der Waals surface area contributed by atoms with Crippen LogP contribution in [0.25, 0.3) is 0 Å². The zero-order valence-electron chi connectivity index (χ0n) is 11.0. The van der Waals surface area contributed by atoms with Gasteiger partial charge >= 0.3 is 0 Å². The van der Waals surface area contributed by atoms with Gasteiger partial charge in [0.25, 0.3) is 0 Å². The topological polar surface area (TPSA) is 53.2 Å². The lowest BCUT2D eigenvalue weighted by Gasteiger charge is -2.10. The molecule has 0 aliphatic heterocycles. The third-order valence-electron chi connectivity index (χ3n) is 2.93. The first-order valence-electron chi connectivity index (χ1n) is 6.20. The summed E-state index contributed by atoms with van der Waals surface area (Å²) in [6.45, 7) is 1.69. The van der Waals surface area contributed by atoms with Gasteiger partial charge in [0.15, 0.2) is 0 Å². The highest BCUT2D eigenvalue weighted by molar-refractivity contribution is 5.35. The molecule has 0 fully saturated rings. The number of benzene rings is 2. The Morgan fingerprint density at radius 2 is 2.05 bits per heavy atom. The SMILES string of the molecule is C[C@H](O)c1cccc(OCc2cccc(C#N)c2F)c1. The molecule has 0 amide bonds. The first kappa shape index (κ1) is 14.0. The molecule has 0 bridgehead atoms. The number of nitriles is 1. The summed E-state index contributed by atoms with van der Waals surface area (Å²) in [5.41, 5.74) is 1.06. The molecule has 2 rings (SSSR count). The predicted molar refractivity (Wildman–Crippen MR) is 72.5 cm³/mol. The first-order valence-corrected chi connectivity index (χ1v) is 6.20. The van der Waals surface area contributed by atoms with E-state index in [1.165, 1.54) is 6.07 Å². The largest absolute Gasteiger partial charge is 0.489 e. The van der Waals surface area contributed by atoms with E-state index in [4.69, 9.17) is 10.00 Å². The van der Waals surface area contributed by atoms with E-state index in [0.29, 0.717) is 11.3 Å². The van der Waals surface area contributed by atoms with Crippen molar-refractivity contribution in [2.75, 3.05) is 0 Å².